The van der Waals surface area contributed by atoms with Gasteiger partial charge in [0.25, 0.3) is 0 Å². The van der Waals surface area contributed by atoms with Crippen LogP contribution in [0.2, 0.25) is 0 Å². The van der Waals surface area contributed by atoms with Crippen LogP contribution in [0.4, 0.5) is 0 Å². The second-order valence-electron chi connectivity index (χ2n) is 6.44. The highest BCUT2D eigenvalue weighted by atomic mass is 16.5. The fourth-order valence-electron chi connectivity index (χ4n) is 3.14. The van der Waals surface area contributed by atoms with Crippen molar-refractivity contribution < 1.29 is 9.84 Å². The zero-order chi connectivity index (χ0) is 16.9. The number of morpholine rings is 1. The Morgan fingerprint density at radius 2 is 1.88 bits per heavy atom. The van der Waals surface area contributed by atoms with Gasteiger partial charge in [-0.25, -0.2) is 0 Å². The summed E-state index contributed by atoms with van der Waals surface area (Å²) in [5.74, 6) is 0.380. The fourth-order valence-corrected chi connectivity index (χ4v) is 3.14. The van der Waals surface area contributed by atoms with Gasteiger partial charge < -0.3 is 9.84 Å². The van der Waals surface area contributed by atoms with Crippen molar-refractivity contribution in [3.05, 3.63) is 64.7 Å². The highest BCUT2D eigenvalue weighted by Gasteiger charge is 2.14. The first-order valence-electron chi connectivity index (χ1n) is 8.50. The summed E-state index contributed by atoms with van der Waals surface area (Å²) in [5.41, 5.74) is 5.30. The average molecular weight is 323 g/mol. The number of benzene rings is 2. The summed E-state index contributed by atoms with van der Waals surface area (Å²) >= 11 is 0. The molecule has 3 nitrogen and oxygen atoms in total. The maximum atomic E-state index is 10.5. The molecule has 1 heterocycles. The Morgan fingerprint density at radius 1 is 1.17 bits per heavy atom. The summed E-state index contributed by atoms with van der Waals surface area (Å²) < 4.78 is 5.42. The van der Waals surface area contributed by atoms with Crippen LogP contribution in [0.1, 0.15) is 29.2 Å². The quantitative estimate of drug-likeness (QED) is 0.860. The van der Waals surface area contributed by atoms with Crippen molar-refractivity contribution in [3.63, 3.8) is 0 Å². The summed E-state index contributed by atoms with van der Waals surface area (Å²) in [6.07, 6.45) is 2.12. The van der Waals surface area contributed by atoms with Crippen LogP contribution in [0.15, 0.2) is 42.5 Å². The second-order valence-corrected chi connectivity index (χ2v) is 6.44. The number of phenolic OH excluding ortho intramolecular Hbond substituents is 1. The van der Waals surface area contributed by atoms with Gasteiger partial charge in [-0.2, -0.15) is 0 Å². The van der Waals surface area contributed by atoms with Crippen molar-refractivity contribution >= 4 is 11.6 Å². The van der Waals surface area contributed by atoms with E-state index in [4.69, 9.17) is 4.74 Å². The highest BCUT2D eigenvalue weighted by Crippen LogP contribution is 2.31. The van der Waals surface area contributed by atoms with Gasteiger partial charge in [0.15, 0.2) is 0 Å². The lowest BCUT2D eigenvalue weighted by Crippen LogP contribution is -2.35. The van der Waals surface area contributed by atoms with Crippen molar-refractivity contribution in [1.82, 2.24) is 4.90 Å². The minimum absolute atomic E-state index is 0.380. The van der Waals surface area contributed by atoms with E-state index in [0.717, 1.165) is 55.1 Å². The fraction of sp³-hybridized carbons (Fsp3) is 0.333. The van der Waals surface area contributed by atoms with Gasteiger partial charge in [0.05, 0.1) is 13.2 Å². The van der Waals surface area contributed by atoms with E-state index < -0.39 is 0 Å². The molecular formula is C21H25NO2. The molecule has 2 aromatic rings. The van der Waals surface area contributed by atoms with Crippen LogP contribution in [0, 0.1) is 6.92 Å². The number of hydrogen-bond donors (Lipinski definition) is 1. The smallest absolute Gasteiger partial charge is 0.125 e. The normalized spacial score (nSPS) is 16.3. The van der Waals surface area contributed by atoms with Gasteiger partial charge in [-0.05, 0) is 42.2 Å². The molecule has 1 N–H and O–H groups in total. The molecule has 24 heavy (non-hydrogen) atoms. The molecule has 0 radical (unpaired) electrons. The maximum absolute atomic E-state index is 10.5. The molecule has 0 saturated carbocycles. The van der Waals surface area contributed by atoms with Gasteiger partial charge >= 0.3 is 0 Å². The van der Waals surface area contributed by atoms with Crippen molar-refractivity contribution in [3.8, 4) is 5.75 Å². The highest BCUT2D eigenvalue weighted by molar-refractivity contribution is 5.83. The predicted molar refractivity (Wildman–Crippen MR) is 98.9 cm³/mol. The van der Waals surface area contributed by atoms with E-state index in [1.165, 1.54) is 5.56 Å². The summed E-state index contributed by atoms with van der Waals surface area (Å²) in [7, 11) is 0. The molecule has 0 spiro atoms. The molecule has 0 aliphatic carbocycles. The van der Waals surface area contributed by atoms with Crippen LogP contribution < -0.4 is 0 Å². The lowest BCUT2D eigenvalue weighted by atomic mass is 9.97. The van der Waals surface area contributed by atoms with Crippen molar-refractivity contribution in [2.24, 2.45) is 0 Å². The van der Waals surface area contributed by atoms with Gasteiger partial charge in [0, 0.05) is 25.2 Å². The number of nitrogens with zero attached hydrogens (tertiary/aromatic N) is 1. The first-order valence-corrected chi connectivity index (χ1v) is 8.50. The molecule has 0 unspecified atom stereocenters. The minimum Gasteiger partial charge on any atom is -0.507 e. The van der Waals surface area contributed by atoms with Crippen LogP contribution >= 0.6 is 0 Å². The zero-order valence-corrected chi connectivity index (χ0v) is 14.5. The zero-order valence-electron chi connectivity index (χ0n) is 14.5. The molecule has 3 rings (SSSR count). The monoisotopic (exact) mass is 323 g/mol. The van der Waals surface area contributed by atoms with E-state index in [0.29, 0.717) is 5.75 Å². The number of aromatic hydroxyl groups is 1. The second kappa shape index (κ2) is 7.65. The molecule has 1 saturated heterocycles. The van der Waals surface area contributed by atoms with E-state index in [1.807, 2.05) is 25.1 Å². The van der Waals surface area contributed by atoms with Crippen LogP contribution in [-0.2, 0) is 11.3 Å². The molecule has 2 aromatic carbocycles. The van der Waals surface area contributed by atoms with Crippen LogP contribution in [0.3, 0.4) is 0 Å². The Morgan fingerprint density at radius 3 is 2.58 bits per heavy atom. The Bertz CT molecular complexity index is 716. The number of rotatable bonds is 4. The number of aryl methyl sites for hydroxylation is 1. The van der Waals surface area contributed by atoms with Crippen molar-refractivity contribution in [2.45, 2.75) is 20.4 Å². The van der Waals surface area contributed by atoms with E-state index in [-0.39, 0.29) is 0 Å². The number of phenols is 1. The van der Waals surface area contributed by atoms with Crippen LogP contribution in [-0.4, -0.2) is 36.3 Å². The molecule has 1 fully saturated rings. The third-order valence-corrected chi connectivity index (χ3v) is 4.48. The van der Waals surface area contributed by atoms with Gasteiger partial charge in [0.2, 0.25) is 0 Å². The Labute approximate surface area is 144 Å². The lowest BCUT2D eigenvalue weighted by molar-refractivity contribution is 0.0342. The lowest BCUT2D eigenvalue weighted by Gasteiger charge is -2.27. The van der Waals surface area contributed by atoms with E-state index >= 15 is 0 Å². The number of allylic oxidation sites excluding steroid dienone is 1. The molecule has 0 amide bonds. The van der Waals surface area contributed by atoms with Gasteiger partial charge in [0.1, 0.15) is 5.75 Å². The van der Waals surface area contributed by atoms with Crippen molar-refractivity contribution in [1.29, 1.82) is 0 Å². The maximum Gasteiger partial charge on any atom is 0.125 e. The molecule has 0 bridgehead atoms. The van der Waals surface area contributed by atoms with E-state index in [1.54, 1.807) is 0 Å². The molecule has 126 valence electrons. The Hall–Kier alpha value is -2.10. The average Bonchev–Trinajstić information content (AvgIpc) is 2.59. The van der Waals surface area contributed by atoms with Crippen LogP contribution in [0.25, 0.3) is 11.6 Å². The van der Waals surface area contributed by atoms with Gasteiger partial charge in [-0.15, -0.1) is 0 Å². The third-order valence-electron chi connectivity index (χ3n) is 4.48. The minimum atomic E-state index is 0.380. The predicted octanol–water partition coefficient (Wildman–Crippen LogP) is 4.09. The first kappa shape index (κ1) is 16.7. The molecule has 0 aromatic heterocycles. The van der Waals surface area contributed by atoms with E-state index in [9.17, 15) is 5.11 Å². The summed E-state index contributed by atoms with van der Waals surface area (Å²) in [4.78, 5) is 2.40. The third kappa shape index (κ3) is 4.05. The molecule has 3 heteroatoms. The molecular weight excluding hydrogens is 298 g/mol. The molecule has 1 aliphatic rings. The first-order chi connectivity index (χ1) is 11.6. The molecule has 0 atom stereocenters. The van der Waals surface area contributed by atoms with Crippen LogP contribution in [0.5, 0.6) is 5.75 Å². The summed E-state index contributed by atoms with van der Waals surface area (Å²) in [6.45, 7) is 8.46. The number of ether oxygens (including phenoxy) is 1. The Kier molecular flexibility index (Phi) is 5.34. The van der Waals surface area contributed by atoms with Crippen molar-refractivity contribution in [2.75, 3.05) is 26.3 Å². The summed E-state index contributed by atoms with van der Waals surface area (Å²) in [5, 5.41) is 10.5. The summed E-state index contributed by atoms with van der Waals surface area (Å²) in [6, 6.07) is 14.4. The van der Waals surface area contributed by atoms with Gasteiger partial charge in [-0.1, -0.05) is 42.5 Å². The Balaban J connectivity index is 1.87. The standard InChI is InChI=1S/C21H25NO2/c1-16(12-18-6-4-3-5-7-18)20-14-19(13-17(2)21(20)23)15-22-8-10-24-11-9-22/h3-7,12-14,23H,8-11,15H2,1-2H3. The van der Waals surface area contributed by atoms with Gasteiger partial charge in [-0.3, -0.25) is 4.90 Å². The molecule has 1 aliphatic heterocycles. The number of hydrogen-bond acceptors (Lipinski definition) is 3. The van der Waals surface area contributed by atoms with E-state index in [2.05, 4.69) is 42.2 Å². The topological polar surface area (TPSA) is 32.7 Å². The largest absolute Gasteiger partial charge is 0.507 e. The SMILES string of the molecule is CC(=Cc1ccccc1)c1cc(CN2CCOCC2)cc(C)c1O.